The van der Waals surface area contributed by atoms with Crippen molar-refractivity contribution in [2.24, 2.45) is 5.92 Å². The minimum Gasteiger partial charge on any atom is -0.476 e. The number of benzene rings is 1. The third kappa shape index (κ3) is 5.36. The molecule has 0 aromatic heterocycles. The van der Waals surface area contributed by atoms with Crippen LogP contribution in [0.3, 0.4) is 0 Å². The zero-order valence-corrected chi connectivity index (χ0v) is 17.6. The maximum atomic E-state index is 11.9. The molecule has 0 unspecified atom stereocenters. The van der Waals surface area contributed by atoms with Crippen LogP contribution in [0.25, 0.3) is 0 Å². The highest BCUT2D eigenvalue weighted by atomic mass is 16.6. The third-order valence-electron chi connectivity index (χ3n) is 5.08. The molecule has 0 amide bonds. The Morgan fingerprint density at radius 2 is 1.93 bits per heavy atom. The van der Waals surface area contributed by atoms with E-state index in [0.29, 0.717) is 17.6 Å². The molecule has 1 aliphatic carbocycles. The van der Waals surface area contributed by atoms with Crippen LogP contribution >= 0.6 is 0 Å². The van der Waals surface area contributed by atoms with Crippen molar-refractivity contribution in [3.8, 4) is 5.75 Å². The molecule has 28 heavy (non-hydrogen) atoms. The lowest BCUT2D eigenvalue weighted by molar-refractivity contribution is -0.384. The molecule has 0 aliphatic heterocycles. The zero-order valence-electron chi connectivity index (χ0n) is 17.6. The van der Waals surface area contributed by atoms with E-state index >= 15 is 0 Å². The number of hydrogen-bond donors (Lipinski definition) is 0. The second kappa shape index (κ2) is 9.26. The quantitative estimate of drug-likeness (QED) is 0.362. The fourth-order valence-corrected chi connectivity index (χ4v) is 3.77. The Bertz CT molecular complexity index is 696. The van der Waals surface area contributed by atoms with Gasteiger partial charge in [0.25, 0.3) is 5.69 Å². The number of carbonyl (C=O) groups excluding carboxylic acids is 1. The molecule has 0 N–H and O–H groups in total. The van der Waals surface area contributed by atoms with E-state index < -0.39 is 11.6 Å². The molecule has 0 saturated heterocycles. The smallest absolute Gasteiger partial charge is 0.349 e. The Morgan fingerprint density at radius 3 is 2.46 bits per heavy atom. The molecule has 1 aromatic rings. The Balaban J connectivity index is 2.39. The second-order valence-corrected chi connectivity index (χ2v) is 8.35. The molecular formula is C21H32N2O5. The average molecular weight is 392 g/mol. The number of nitro groups is 1. The Morgan fingerprint density at radius 1 is 1.29 bits per heavy atom. The number of hydrogen-bond acceptors (Lipinski definition) is 6. The summed E-state index contributed by atoms with van der Waals surface area (Å²) >= 11 is 0. The fraction of sp³-hybridized carbons (Fsp3) is 0.667. The lowest BCUT2D eigenvalue weighted by Crippen LogP contribution is -2.40. The number of ether oxygens (including phenoxy) is 2. The number of esters is 1. The molecule has 0 bridgehead atoms. The molecule has 1 fully saturated rings. The van der Waals surface area contributed by atoms with Crippen LogP contribution in [0.2, 0.25) is 0 Å². The molecule has 0 radical (unpaired) electrons. The van der Waals surface area contributed by atoms with Gasteiger partial charge in [-0.25, -0.2) is 4.79 Å². The first-order valence-corrected chi connectivity index (χ1v) is 9.98. The number of carbonyl (C=O) groups is 1. The van der Waals surface area contributed by atoms with Crippen LogP contribution in [0.1, 0.15) is 59.8 Å². The van der Waals surface area contributed by atoms with Gasteiger partial charge in [0.2, 0.25) is 0 Å². The highest BCUT2D eigenvalue weighted by Gasteiger charge is 2.33. The van der Waals surface area contributed by atoms with Crippen molar-refractivity contribution < 1.29 is 19.2 Å². The first-order chi connectivity index (χ1) is 13.2. The summed E-state index contributed by atoms with van der Waals surface area (Å²) in [6.45, 7) is 8.16. The molecule has 7 heteroatoms. The van der Waals surface area contributed by atoms with Gasteiger partial charge in [0, 0.05) is 12.6 Å². The molecule has 156 valence electrons. The largest absolute Gasteiger partial charge is 0.476 e. The van der Waals surface area contributed by atoms with E-state index in [1.807, 2.05) is 0 Å². The summed E-state index contributed by atoms with van der Waals surface area (Å²) in [7, 11) is 1.28. The van der Waals surface area contributed by atoms with Gasteiger partial charge in [-0.1, -0.05) is 33.1 Å². The van der Waals surface area contributed by atoms with E-state index in [-0.39, 0.29) is 16.4 Å². The summed E-state index contributed by atoms with van der Waals surface area (Å²) in [6.07, 6.45) is 5.64. The third-order valence-corrected chi connectivity index (χ3v) is 5.08. The normalized spacial score (nSPS) is 15.4. The van der Waals surface area contributed by atoms with Crippen LogP contribution in [-0.2, 0) is 9.53 Å². The molecule has 0 heterocycles. The van der Waals surface area contributed by atoms with E-state index in [4.69, 9.17) is 9.47 Å². The summed E-state index contributed by atoms with van der Waals surface area (Å²) in [5, 5.41) is 11.8. The first kappa shape index (κ1) is 22.0. The van der Waals surface area contributed by atoms with Crippen LogP contribution in [0.5, 0.6) is 5.75 Å². The van der Waals surface area contributed by atoms with Gasteiger partial charge in [-0.3, -0.25) is 10.1 Å². The monoisotopic (exact) mass is 392 g/mol. The van der Waals surface area contributed by atoms with Crippen molar-refractivity contribution in [3.63, 3.8) is 0 Å². The van der Waals surface area contributed by atoms with E-state index in [0.717, 1.165) is 32.2 Å². The molecule has 1 aromatic carbocycles. The Labute approximate surface area is 167 Å². The van der Waals surface area contributed by atoms with Crippen LogP contribution in [-0.4, -0.2) is 36.2 Å². The number of nitrogens with zero attached hydrogens (tertiary/aromatic N) is 2. The van der Waals surface area contributed by atoms with Crippen LogP contribution in [0, 0.1) is 16.0 Å². The summed E-state index contributed by atoms with van der Waals surface area (Å²) in [4.78, 5) is 25.5. The minimum absolute atomic E-state index is 0.00406. The van der Waals surface area contributed by atoms with Crippen LogP contribution in [0.4, 0.5) is 11.4 Å². The molecule has 2 rings (SSSR count). The minimum atomic E-state index is -1.23. The SMILES string of the molecule is COC(=O)C(C)(C)Oc1ccc(N(CC(C)C)C2CCCCC2)c([N+](=O)[O-])c1. The highest BCUT2D eigenvalue weighted by Crippen LogP contribution is 2.37. The van der Waals surface area contributed by atoms with Crippen molar-refractivity contribution in [2.75, 3.05) is 18.6 Å². The fourth-order valence-electron chi connectivity index (χ4n) is 3.77. The molecular weight excluding hydrogens is 360 g/mol. The standard InChI is InChI=1S/C21H32N2O5/c1-15(2)14-22(16-9-7-6-8-10-16)18-12-11-17(13-19(18)23(25)26)28-21(3,4)20(24)27-5/h11-13,15-16H,6-10,14H2,1-5H3. The predicted octanol–water partition coefficient (Wildman–Crippen LogP) is 4.72. The van der Waals surface area contributed by atoms with Crippen molar-refractivity contribution >= 4 is 17.3 Å². The summed E-state index contributed by atoms with van der Waals surface area (Å²) in [5.74, 6) is 0.123. The van der Waals surface area contributed by atoms with Gasteiger partial charge in [0.05, 0.1) is 18.1 Å². The van der Waals surface area contributed by atoms with Gasteiger partial charge in [0.1, 0.15) is 11.4 Å². The molecule has 0 spiro atoms. The Hall–Kier alpha value is -2.31. The van der Waals surface area contributed by atoms with Gasteiger partial charge >= 0.3 is 5.97 Å². The number of nitro benzene ring substituents is 1. The highest BCUT2D eigenvalue weighted by molar-refractivity contribution is 5.79. The molecule has 1 aliphatic rings. The van der Waals surface area contributed by atoms with Gasteiger partial charge in [-0.05, 0) is 44.7 Å². The van der Waals surface area contributed by atoms with Crippen LogP contribution in [0.15, 0.2) is 18.2 Å². The first-order valence-electron chi connectivity index (χ1n) is 9.98. The van der Waals surface area contributed by atoms with Gasteiger partial charge in [-0.2, -0.15) is 0 Å². The summed E-state index contributed by atoms with van der Waals surface area (Å²) in [6, 6.07) is 5.17. The molecule has 7 nitrogen and oxygen atoms in total. The van der Waals surface area contributed by atoms with E-state index in [9.17, 15) is 14.9 Å². The topological polar surface area (TPSA) is 81.9 Å². The van der Waals surface area contributed by atoms with E-state index in [1.54, 1.807) is 26.0 Å². The van der Waals surface area contributed by atoms with Gasteiger partial charge < -0.3 is 14.4 Å². The lowest BCUT2D eigenvalue weighted by Gasteiger charge is -2.37. The van der Waals surface area contributed by atoms with Crippen molar-refractivity contribution in [3.05, 3.63) is 28.3 Å². The van der Waals surface area contributed by atoms with Crippen molar-refractivity contribution in [2.45, 2.75) is 71.4 Å². The van der Waals surface area contributed by atoms with Crippen molar-refractivity contribution in [1.29, 1.82) is 0 Å². The maximum Gasteiger partial charge on any atom is 0.349 e. The number of anilines is 1. The lowest BCUT2D eigenvalue weighted by atomic mass is 9.93. The second-order valence-electron chi connectivity index (χ2n) is 8.35. The predicted molar refractivity (Wildman–Crippen MR) is 109 cm³/mol. The average Bonchev–Trinajstić information content (AvgIpc) is 2.65. The zero-order chi connectivity index (χ0) is 20.9. The number of methoxy groups -OCH3 is 1. The van der Waals surface area contributed by atoms with E-state index in [2.05, 4.69) is 18.7 Å². The van der Waals surface area contributed by atoms with Crippen LogP contribution < -0.4 is 9.64 Å². The van der Waals surface area contributed by atoms with Gasteiger partial charge in [0.15, 0.2) is 5.60 Å². The maximum absolute atomic E-state index is 11.9. The molecule has 1 saturated carbocycles. The summed E-state index contributed by atoms with van der Waals surface area (Å²) < 4.78 is 10.5. The molecule has 0 atom stereocenters. The van der Waals surface area contributed by atoms with E-state index in [1.165, 1.54) is 19.6 Å². The van der Waals surface area contributed by atoms with Gasteiger partial charge in [-0.15, -0.1) is 0 Å². The summed E-state index contributed by atoms with van der Waals surface area (Å²) in [5.41, 5.74) is -0.608. The van der Waals surface area contributed by atoms with Crippen molar-refractivity contribution in [1.82, 2.24) is 0 Å². The Kier molecular flexibility index (Phi) is 7.27. The number of rotatable bonds is 8.